The Bertz CT molecular complexity index is 458. The second kappa shape index (κ2) is 5.36. The van der Waals surface area contributed by atoms with E-state index in [2.05, 4.69) is 4.98 Å². The minimum atomic E-state index is -0.234. The van der Waals surface area contributed by atoms with Gasteiger partial charge >= 0.3 is 0 Å². The zero-order chi connectivity index (χ0) is 12.3. The Hall–Kier alpha value is -1.29. The molecule has 0 bridgehead atoms. The van der Waals surface area contributed by atoms with Crippen molar-refractivity contribution in [1.29, 1.82) is 0 Å². The van der Waals surface area contributed by atoms with Crippen molar-refractivity contribution in [3.05, 3.63) is 34.2 Å². The second-order valence-electron chi connectivity index (χ2n) is 4.34. The van der Waals surface area contributed by atoms with Gasteiger partial charge in [0.25, 0.3) is 5.91 Å². The monoisotopic (exact) mass is 254 g/mol. The SMILES string of the molecule is O=C(c1c[nH]ccc1=O)N1CCCC(CCl)C1. The summed E-state index contributed by atoms with van der Waals surface area (Å²) in [7, 11) is 0. The third-order valence-corrected chi connectivity index (χ3v) is 3.52. The van der Waals surface area contributed by atoms with Crippen LogP contribution < -0.4 is 5.43 Å². The number of rotatable bonds is 2. The zero-order valence-electron chi connectivity index (χ0n) is 9.49. The fourth-order valence-electron chi connectivity index (χ4n) is 2.13. The molecule has 5 heteroatoms. The first-order chi connectivity index (χ1) is 8.22. The highest BCUT2D eigenvalue weighted by molar-refractivity contribution is 6.18. The molecule has 1 saturated heterocycles. The number of amides is 1. The Balaban J connectivity index is 2.15. The van der Waals surface area contributed by atoms with Crippen LogP contribution in [0.2, 0.25) is 0 Å². The molecule has 1 fully saturated rings. The number of nitrogens with zero attached hydrogens (tertiary/aromatic N) is 1. The van der Waals surface area contributed by atoms with E-state index in [1.807, 2.05) is 0 Å². The predicted octanol–water partition coefficient (Wildman–Crippen LogP) is 1.47. The van der Waals surface area contributed by atoms with Crippen molar-refractivity contribution in [1.82, 2.24) is 9.88 Å². The lowest BCUT2D eigenvalue weighted by atomic mass is 9.99. The number of alkyl halides is 1. The molecule has 1 amide bonds. The Morgan fingerprint density at radius 2 is 2.41 bits per heavy atom. The summed E-state index contributed by atoms with van der Waals surface area (Å²) in [6.07, 6.45) is 5.00. The van der Waals surface area contributed by atoms with Crippen molar-refractivity contribution in [2.45, 2.75) is 12.8 Å². The minimum absolute atomic E-state index is 0.193. The van der Waals surface area contributed by atoms with Gasteiger partial charge in [-0.15, -0.1) is 11.6 Å². The number of halogens is 1. The number of pyridine rings is 1. The van der Waals surface area contributed by atoms with Crippen LogP contribution in [0.5, 0.6) is 0 Å². The molecule has 1 atom stereocenters. The normalized spacial score (nSPS) is 20.3. The number of nitrogens with one attached hydrogen (secondary N) is 1. The summed E-state index contributed by atoms with van der Waals surface area (Å²) in [6.45, 7) is 1.36. The maximum atomic E-state index is 12.1. The van der Waals surface area contributed by atoms with E-state index < -0.39 is 0 Å². The van der Waals surface area contributed by atoms with Gasteiger partial charge in [0.2, 0.25) is 0 Å². The molecule has 1 aliphatic rings. The summed E-state index contributed by atoms with van der Waals surface area (Å²) in [4.78, 5) is 28.2. The summed E-state index contributed by atoms with van der Waals surface area (Å²) < 4.78 is 0. The number of piperidine rings is 1. The molecule has 1 N–H and O–H groups in total. The van der Waals surface area contributed by atoms with Crippen LogP contribution in [-0.2, 0) is 0 Å². The van der Waals surface area contributed by atoms with Gasteiger partial charge in [-0.3, -0.25) is 9.59 Å². The fraction of sp³-hybridized carbons (Fsp3) is 0.500. The molecule has 0 spiro atoms. The molecule has 4 nitrogen and oxygen atoms in total. The maximum Gasteiger partial charge on any atom is 0.259 e. The third-order valence-electron chi connectivity index (χ3n) is 3.08. The highest BCUT2D eigenvalue weighted by atomic mass is 35.5. The quantitative estimate of drug-likeness (QED) is 0.813. The second-order valence-corrected chi connectivity index (χ2v) is 4.64. The molecule has 17 heavy (non-hydrogen) atoms. The average molecular weight is 255 g/mol. The van der Waals surface area contributed by atoms with E-state index in [1.165, 1.54) is 18.5 Å². The molecule has 0 radical (unpaired) electrons. The van der Waals surface area contributed by atoms with E-state index in [9.17, 15) is 9.59 Å². The standard InChI is InChI=1S/C12H15ClN2O2/c13-6-9-2-1-5-15(8-9)12(17)10-7-14-4-3-11(10)16/h3-4,7,9H,1-2,5-6,8H2,(H,14,16). The summed E-state index contributed by atoms with van der Waals surface area (Å²) >= 11 is 5.82. The number of carbonyl (C=O) groups excluding carboxylic acids is 1. The molecule has 0 saturated carbocycles. The molecule has 0 aromatic carbocycles. The fourth-order valence-corrected chi connectivity index (χ4v) is 2.38. The van der Waals surface area contributed by atoms with Crippen molar-refractivity contribution >= 4 is 17.5 Å². The lowest BCUT2D eigenvalue weighted by Gasteiger charge is -2.31. The largest absolute Gasteiger partial charge is 0.367 e. The summed E-state index contributed by atoms with van der Waals surface area (Å²) in [5.74, 6) is 0.716. The molecular weight excluding hydrogens is 240 g/mol. The van der Waals surface area contributed by atoms with Crippen LogP contribution in [0.1, 0.15) is 23.2 Å². The van der Waals surface area contributed by atoms with Crippen LogP contribution >= 0.6 is 11.6 Å². The molecule has 1 aromatic rings. The molecule has 92 valence electrons. The summed E-state index contributed by atoms with van der Waals surface area (Å²) in [6, 6.07) is 1.37. The zero-order valence-corrected chi connectivity index (χ0v) is 10.2. The molecule has 2 rings (SSSR count). The number of hydrogen-bond acceptors (Lipinski definition) is 2. The number of aromatic amines is 1. The Morgan fingerprint density at radius 1 is 1.59 bits per heavy atom. The highest BCUT2D eigenvalue weighted by Crippen LogP contribution is 2.18. The average Bonchev–Trinajstić information content (AvgIpc) is 2.38. The number of H-pyrrole nitrogens is 1. The van der Waals surface area contributed by atoms with Gasteiger partial charge in [0.15, 0.2) is 5.43 Å². The molecule has 1 unspecified atom stereocenters. The Labute approximate surface area is 105 Å². The van der Waals surface area contributed by atoms with Gasteiger partial charge in [-0.05, 0) is 18.8 Å². The molecule has 1 aliphatic heterocycles. The minimum Gasteiger partial charge on any atom is -0.367 e. The Morgan fingerprint density at radius 3 is 3.12 bits per heavy atom. The molecule has 2 heterocycles. The topological polar surface area (TPSA) is 53.2 Å². The van der Waals surface area contributed by atoms with E-state index in [0.717, 1.165) is 12.8 Å². The van der Waals surface area contributed by atoms with Gasteiger partial charge in [-0.2, -0.15) is 0 Å². The van der Waals surface area contributed by atoms with E-state index in [4.69, 9.17) is 11.6 Å². The van der Waals surface area contributed by atoms with Gasteiger partial charge < -0.3 is 9.88 Å². The number of aromatic nitrogens is 1. The number of likely N-dealkylation sites (tertiary alicyclic amines) is 1. The molecule has 0 aliphatic carbocycles. The molecule has 1 aromatic heterocycles. The van der Waals surface area contributed by atoms with Gasteiger partial charge in [-0.1, -0.05) is 0 Å². The first-order valence-electron chi connectivity index (χ1n) is 5.74. The maximum absolute atomic E-state index is 12.1. The van der Waals surface area contributed by atoms with Gasteiger partial charge in [0.05, 0.1) is 0 Å². The first kappa shape index (κ1) is 12.2. The van der Waals surface area contributed by atoms with Crippen molar-refractivity contribution < 1.29 is 4.79 Å². The van der Waals surface area contributed by atoms with E-state index in [0.29, 0.717) is 24.9 Å². The van der Waals surface area contributed by atoms with Crippen LogP contribution in [-0.4, -0.2) is 34.8 Å². The Kier molecular flexibility index (Phi) is 3.84. The van der Waals surface area contributed by atoms with E-state index in [-0.39, 0.29) is 16.9 Å². The predicted molar refractivity (Wildman–Crippen MR) is 66.4 cm³/mol. The van der Waals surface area contributed by atoms with Crippen molar-refractivity contribution in [3.63, 3.8) is 0 Å². The summed E-state index contributed by atoms with van der Waals surface area (Å²) in [5.41, 5.74) is -0.0236. The van der Waals surface area contributed by atoms with E-state index >= 15 is 0 Å². The molecular formula is C12H15ClN2O2. The van der Waals surface area contributed by atoms with E-state index in [1.54, 1.807) is 4.90 Å². The van der Waals surface area contributed by atoms with Gasteiger partial charge in [0.1, 0.15) is 5.56 Å². The lowest BCUT2D eigenvalue weighted by molar-refractivity contribution is 0.0683. The van der Waals surface area contributed by atoms with Crippen LogP contribution in [0.4, 0.5) is 0 Å². The van der Waals surface area contributed by atoms with Crippen molar-refractivity contribution in [2.24, 2.45) is 5.92 Å². The lowest BCUT2D eigenvalue weighted by Crippen LogP contribution is -2.42. The van der Waals surface area contributed by atoms with Gasteiger partial charge in [-0.25, -0.2) is 0 Å². The van der Waals surface area contributed by atoms with Crippen molar-refractivity contribution in [2.75, 3.05) is 19.0 Å². The summed E-state index contributed by atoms with van der Waals surface area (Å²) in [5, 5.41) is 0. The van der Waals surface area contributed by atoms with Crippen LogP contribution in [0.3, 0.4) is 0 Å². The third kappa shape index (κ3) is 2.69. The van der Waals surface area contributed by atoms with Crippen LogP contribution in [0.15, 0.2) is 23.3 Å². The number of hydrogen-bond donors (Lipinski definition) is 1. The first-order valence-corrected chi connectivity index (χ1v) is 6.28. The van der Waals surface area contributed by atoms with Crippen LogP contribution in [0.25, 0.3) is 0 Å². The van der Waals surface area contributed by atoms with Gasteiger partial charge in [0, 0.05) is 37.4 Å². The van der Waals surface area contributed by atoms with Crippen LogP contribution in [0, 0.1) is 5.92 Å². The number of carbonyl (C=O) groups is 1. The van der Waals surface area contributed by atoms with Crippen molar-refractivity contribution in [3.8, 4) is 0 Å². The highest BCUT2D eigenvalue weighted by Gasteiger charge is 2.25. The smallest absolute Gasteiger partial charge is 0.259 e.